The Labute approximate surface area is 267 Å². The molecule has 0 saturated heterocycles. The second-order valence-electron chi connectivity index (χ2n) is 10.6. The van der Waals surface area contributed by atoms with Crippen molar-refractivity contribution in [3.05, 3.63) is 112 Å². The van der Waals surface area contributed by atoms with Gasteiger partial charge in [0.2, 0.25) is 11.8 Å². The Balaban J connectivity index is 1.27. The van der Waals surface area contributed by atoms with Crippen LogP contribution in [0.3, 0.4) is 0 Å². The van der Waals surface area contributed by atoms with E-state index < -0.39 is 11.2 Å². The lowest BCUT2D eigenvalue weighted by Gasteiger charge is -2.27. The molecule has 3 aromatic carbocycles. The van der Waals surface area contributed by atoms with Gasteiger partial charge in [-0.25, -0.2) is 4.79 Å². The number of anilines is 2. The first-order valence-corrected chi connectivity index (χ1v) is 16.6. The van der Waals surface area contributed by atoms with Crippen molar-refractivity contribution in [2.75, 3.05) is 23.8 Å². The molecule has 2 amide bonds. The predicted octanol–water partition coefficient (Wildman–Crippen LogP) is 7.17. The zero-order chi connectivity index (χ0) is 30.9. The molecular formula is C35H37N3O4S2. The van der Waals surface area contributed by atoms with Crippen molar-refractivity contribution >= 4 is 51.6 Å². The van der Waals surface area contributed by atoms with Crippen molar-refractivity contribution in [1.29, 1.82) is 0 Å². The topological polar surface area (TPSA) is 87.7 Å². The number of rotatable bonds is 12. The summed E-state index contributed by atoms with van der Waals surface area (Å²) in [5.41, 5.74) is 4.34. The van der Waals surface area contributed by atoms with Crippen molar-refractivity contribution in [1.82, 2.24) is 4.90 Å². The Hall–Kier alpha value is -3.92. The van der Waals surface area contributed by atoms with Gasteiger partial charge in [-0.15, -0.1) is 23.1 Å². The van der Waals surface area contributed by atoms with Crippen LogP contribution < -0.4 is 10.6 Å². The van der Waals surface area contributed by atoms with E-state index >= 15 is 0 Å². The van der Waals surface area contributed by atoms with Gasteiger partial charge in [-0.1, -0.05) is 73.7 Å². The van der Waals surface area contributed by atoms with Gasteiger partial charge in [0.1, 0.15) is 5.00 Å². The minimum absolute atomic E-state index is 0.0985. The molecule has 7 nitrogen and oxygen atoms in total. The quantitative estimate of drug-likeness (QED) is 0.128. The molecule has 1 aliphatic heterocycles. The van der Waals surface area contributed by atoms with Gasteiger partial charge in [0, 0.05) is 35.1 Å². The molecular weight excluding hydrogens is 591 g/mol. The van der Waals surface area contributed by atoms with Crippen molar-refractivity contribution in [2.45, 2.75) is 56.3 Å². The number of nitrogens with one attached hydrogen (secondary N) is 2. The smallest absolute Gasteiger partial charge is 0.341 e. The van der Waals surface area contributed by atoms with Crippen LogP contribution in [0.4, 0.5) is 10.7 Å². The fraction of sp³-hybridized carbons (Fsp3) is 0.286. The number of amides is 2. The Kier molecular flexibility index (Phi) is 10.9. The first-order chi connectivity index (χ1) is 21.4. The third kappa shape index (κ3) is 8.16. The Morgan fingerprint density at radius 3 is 2.36 bits per heavy atom. The highest BCUT2D eigenvalue weighted by Gasteiger charge is 2.31. The molecule has 1 unspecified atom stereocenters. The Morgan fingerprint density at radius 2 is 1.66 bits per heavy atom. The summed E-state index contributed by atoms with van der Waals surface area (Å²) >= 11 is 2.91. The predicted molar refractivity (Wildman–Crippen MR) is 178 cm³/mol. The number of thioether (sulfide) groups is 1. The molecule has 2 heterocycles. The fourth-order valence-corrected chi connectivity index (χ4v) is 7.55. The molecule has 0 fully saturated rings. The van der Waals surface area contributed by atoms with E-state index in [0.29, 0.717) is 29.2 Å². The van der Waals surface area contributed by atoms with Crippen molar-refractivity contribution in [3.63, 3.8) is 0 Å². The summed E-state index contributed by atoms with van der Waals surface area (Å²) in [6, 6.07) is 27.5. The number of thiophene rings is 1. The van der Waals surface area contributed by atoms with Crippen LogP contribution in [0.1, 0.15) is 52.2 Å². The van der Waals surface area contributed by atoms with Gasteiger partial charge >= 0.3 is 5.97 Å². The summed E-state index contributed by atoms with van der Waals surface area (Å²) in [7, 11) is 0. The van der Waals surface area contributed by atoms with E-state index in [2.05, 4.69) is 27.7 Å². The van der Waals surface area contributed by atoms with Crippen LogP contribution in [0.5, 0.6) is 0 Å². The van der Waals surface area contributed by atoms with E-state index in [1.54, 1.807) is 6.92 Å². The van der Waals surface area contributed by atoms with Gasteiger partial charge in [0.15, 0.2) is 0 Å². The second-order valence-corrected chi connectivity index (χ2v) is 13.0. The maximum atomic E-state index is 13.6. The lowest BCUT2D eigenvalue weighted by molar-refractivity contribution is -0.116. The molecule has 9 heteroatoms. The standard InChI is InChI=1S/C35H37N3O4S2/c1-3-29(43-27-17-11-16-26(21-27)36-31(39)20-24-12-7-5-8-13-24)33(40)37-34-32(35(41)42-4-2)28-18-19-38(23-30(28)44-34)22-25-14-9-6-10-15-25/h5-17,21,29H,3-4,18-20,22-23H2,1-2H3,(H,36,39)(H,37,40). The minimum atomic E-state index is -0.394. The number of ether oxygens (including phenoxy) is 1. The zero-order valence-electron chi connectivity index (χ0n) is 25.0. The lowest BCUT2D eigenvalue weighted by atomic mass is 10.0. The maximum absolute atomic E-state index is 13.6. The second kappa shape index (κ2) is 15.2. The number of carbonyl (C=O) groups excluding carboxylic acids is 3. The molecule has 0 spiro atoms. The van der Waals surface area contributed by atoms with Crippen molar-refractivity contribution in [3.8, 4) is 0 Å². The molecule has 5 rings (SSSR count). The molecule has 228 valence electrons. The van der Waals surface area contributed by atoms with Crippen molar-refractivity contribution < 1.29 is 19.1 Å². The normalized spacial score (nSPS) is 13.5. The number of esters is 1. The average molecular weight is 628 g/mol. The zero-order valence-corrected chi connectivity index (χ0v) is 26.6. The summed E-state index contributed by atoms with van der Waals surface area (Å²) < 4.78 is 5.42. The van der Waals surface area contributed by atoms with Crippen LogP contribution in [0.2, 0.25) is 0 Å². The van der Waals surface area contributed by atoms with Crippen LogP contribution in [0.25, 0.3) is 0 Å². The van der Waals surface area contributed by atoms with E-state index in [1.807, 2.05) is 79.7 Å². The largest absolute Gasteiger partial charge is 0.462 e. The molecule has 1 atom stereocenters. The molecule has 0 radical (unpaired) electrons. The monoisotopic (exact) mass is 627 g/mol. The number of carbonyl (C=O) groups is 3. The molecule has 44 heavy (non-hydrogen) atoms. The van der Waals surface area contributed by atoms with E-state index in [9.17, 15) is 14.4 Å². The van der Waals surface area contributed by atoms with Crippen LogP contribution >= 0.6 is 23.1 Å². The Morgan fingerprint density at radius 1 is 0.932 bits per heavy atom. The summed E-state index contributed by atoms with van der Waals surface area (Å²) in [4.78, 5) is 43.6. The van der Waals surface area contributed by atoms with E-state index in [0.717, 1.165) is 40.4 Å². The lowest BCUT2D eigenvalue weighted by Crippen LogP contribution is -2.30. The SMILES string of the molecule is CCOC(=O)c1c(NC(=O)C(CC)Sc2cccc(NC(=O)Cc3ccccc3)c2)sc2c1CCN(Cc1ccccc1)C2. The van der Waals surface area contributed by atoms with Crippen LogP contribution in [0, 0.1) is 0 Å². The van der Waals surface area contributed by atoms with Gasteiger partial charge in [0.05, 0.1) is 23.8 Å². The molecule has 1 aromatic heterocycles. The average Bonchev–Trinajstić information content (AvgIpc) is 3.38. The van der Waals surface area contributed by atoms with Gasteiger partial charge < -0.3 is 15.4 Å². The molecule has 0 saturated carbocycles. The van der Waals surface area contributed by atoms with Crippen LogP contribution in [-0.4, -0.2) is 41.1 Å². The number of hydrogen-bond acceptors (Lipinski definition) is 7. The first kappa shape index (κ1) is 31.5. The highest BCUT2D eigenvalue weighted by molar-refractivity contribution is 8.00. The highest BCUT2D eigenvalue weighted by Crippen LogP contribution is 2.39. The maximum Gasteiger partial charge on any atom is 0.341 e. The van der Waals surface area contributed by atoms with E-state index in [4.69, 9.17) is 4.74 Å². The number of benzene rings is 3. The van der Waals surface area contributed by atoms with Crippen LogP contribution in [-0.2, 0) is 40.3 Å². The summed E-state index contributed by atoms with van der Waals surface area (Å²) in [6.45, 7) is 6.39. The summed E-state index contributed by atoms with van der Waals surface area (Å²) in [5.74, 6) is -0.656. The first-order valence-electron chi connectivity index (χ1n) is 14.9. The summed E-state index contributed by atoms with van der Waals surface area (Å²) in [5, 5.41) is 6.21. The number of hydrogen-bond donors (Lipinski definition) is 2. The number of fused-ring (bicyclic) bond motifs is 1. The summed E-state index contributed by atoms with van der Waals surface area (Å²) in [6.07, 6.45) is 1.60. The number of nitrogens with zero attached hydrogens (tertiary/aromatic N) is 1. The Bertz CT molecular complexity index is 1590. The molecule has 4 aromatic rings. The van der Waals surface area contributed by atoms with Crippen LogP contribution in [0.15, 0.2) is 89.8 Å². The molecule has 0 bridgehead atoms. The van der Waals surface area contributed by atoms with Crippen molar-refractivity contribution in [2.24, 2.45) is 0 Å². The minimum Gasteiger partial charge on any atom is -0.462 e. The van der Waals surface area contributed by atoms with Gasteiger partial charge in [-0.05, 0) is 54.7 Å². The van der Waals surface area contributed by atoms with E-state index in [-0.39, 0.29) is 24.8 Å². The third-order valence-electron chi connectivity index (χ3n) is 7.37. The van der Waals surface area contributed by atoms with Gasteiger partial charge in [-0.2, -0.15) is 0 Å². The third-order valence-corrected chi connectivity index (χ3v) is 9.86. The highest BCUT2D eigenvalue weighted by atomic mass is 32.2. The molecule has 2 N–H and O–H groups in total. The van der Waals surface area contributed by atoms with Gasteiger partial charge in [-0.3, -0.25) is 14.5 Å². The molecule has 0 aliphatic carbocycles. The van der Waals surface area contributed by atoms with Gasteiger partial charge in [0.25, 0.3) is 0 Å². The molecule has 1 aliphatic rings. The van der Waals surface area contributed by atoms with E-state index in [1.165, 1.54) is 28.7 Å². The fourth-order valence-electron chi connectivity index (χ4n) is 5.25.